The molecule has 1 saturated carbocycles. The topological polar surface area (TPSA) is 70.1 Å². The number of nitrogens with zero attached hydrogens (tertiary/aromatic N) is 2. The summed E-state index contributed by atoms with van der Waals surface area (Å²) in [4.78, 5) is 28.9. The van der Waals surface area contributed by atoms with Crippen molar-refractivity contribution in [2.24, 2.45) is 0 Å². The third-order valence-corrected chi connectivity index (χ3v) is 6.31. The molecule has 1 atom stereocenters. The maximum atomic E-state index is 13.3. The Labute approximate surface area is 175 Å². The molecule has 7 heteroatoms. The second-order valence-electron chi connectivity index (χ2n) is 7.72. The summed E-state index contributed by atoms with van der Waals surface area (Å²) in [7, 11) is 0. The van der Waals surface area contributed by atoms with Crippen LogP contribution in [0.25, 0.3) is 0 Å². The van der Waals surface area contributed by atoms with Crippen LogP contribution < -0.4 is 0 Å². The third-order valence-electron chi connectivity index (χ3n) is 5.78. The molecule has 3 rings (SSSR count). The molecule has 1 aromatic rings. The molecule has 1 aliphatic carbocycles. The second-order valence-corrected chi connectivity index (χ2v) is 8.64. The molecule has 2 amide bonds. The summed E-state index contributed by atoms with van der Waals surface area (Å²) >= 11 is 3.43. The van der Waals surface area contributed by atoms with E-state index in [9.17, 15) is 14.7 Å². The molecule has 1 aliphatic heterocycles. The maximum Gasteiger partial charge on any atom is 0.409 e. The first-order chi connectivity index (χ1) is 13.4. The number of benzene rings is 1. The van der Waals surface area contributed by atoms with Gasteiger partial charge in [-0.25, -0.2) is 4.79 Å². The normalized spacial score (nSPS) is 19.7. The lowest BCUT2D eigenvalue weighted by Crippen LogP contribution is -2.56. The first-order valence-electron chi connectivity index (χ1n) is 10.1. The van der Waals surface area contributed by atoms with E-state index in [1.54, 1.807) is 9.80 Å². The SMILES string of the molecule is CCCCOC(=O)N1CCN(C(=O)C(c2ccc(Br)cc2)C2(O)CCC2)CC1. The van der Waals surface area contributed by atoms with E-state index >= 15 is 0 Å². The number of carbonyl (C=O) groups excluding carboxylic acids is 2. The zero-order valence-electron chi connectivity index (χ0n) is 16.4. The molecule has 154 valence electrons. The molecule has 1 heterocycles. The third kappa shape index (κ3) is 4.69. The van der Waals surface area contributed by atoms with Gasteiger partial charge in [0, 0.05) is 30.7 Å². The number of hydrogen-bond acceptors (Lipinski definition) is 4. The molecule has 0 aromatic heterocycles. The molecule has 1 saturated heterocycles. The van der Waals surface area contributed by atoms with Gasteiger partial charge in [-0.1, -0.05) is 41.4 Å². The van der Waals surface area contributed by atoms with Crippen molar-refractivity contribution in [2.75, 3.05) is 32.8 Å². The first-order valence-corrected chi connectivity index (χ1v) is 10.9. The van der Waals surface area contributed by atoms with Crippen LogP contribution in [0.3, 0.4) is 0 Å². The predicted molar refractivity (Wildman–Crippen MR) is 110 cm³/mol. The number of piperazine rings is 1. The van der Waals surface area contributed by atoms with Gasteiger partial charge in [0.05, 0.1) is 18.1 Å². The van der Waals surface area contributed by atoms with Gasteiger partial charge in [-0.2, -0.15) is 0 Å². The zero-order chi connectivity index (χ0) is 20.1. The summed E-state index contributed by atoms with van der Waals surface area (Å²) in [6.07, 6.45) is 3.76. The Bertz CT molecular complexity index is 682. The monoisotopic (exact) mass is 452 g/mol. The standard InChI is InChI=1S/C21H29BrN2O4/c1-2-3-15-28-20(26)24-13-11-23(12-14-24)19(25)18(21(27)9-4-10-21)16-5-7-17(22)8-6-16/h5-8,18,27H,2-4,9-15H2,1H3. The largest absolute Gasteiger partial charge is 0.449 e. The van der Waals surface area contributed by atoms with Gasteiger partial charge in [-0.05, 0) is 43.4 Å². The fourth-order valence-corrected chi connectivity index (χ4v) is 4.12. The average Bonchev–Trinajstić information content (AvgIpc) is 2.68. The summed E-state index contributed by atoms with van der Waals surface area (Å²) in [6.45, 7) is 4.34. The highest BCUT2D eigenvalue weighted by Gasteiger charge is 2.48. The molecule has 28 heavy (non-hydrogen) atoms. The van der Waals surface area contributed by atoms with Crippen LogP contribution in [-0.4, -0.2) is 65.3 Å². The van der Waals surface area contributed by atoms with Crippen molar-refractivity contribution < 1.29 is 19.4 Å². The maximum absolute atomic E-state index is 13.3. The van der Waals surface area contributed by atoms with Crippen LogP contribution in [0.1, 0.15) is 50.5 Å². The van der Waals surface area contributed by atoms with Crippen molar-refractivity contribution in [1.82, 2.24) is 9.80 Å². The van der Waals surface area contributed by atoms with E-state index in [4.69, 9.17) is 4.74 Å². The van der Waals surface area contributed by atoms with Gasteiger partial charge in [-0.15, -0.1) is 0 Å². The fourth-order valence-electron chi connectivity index (χ4n) is 3.85. The molecule has 1 aromatic carbocycles. The minimum Gasteiger partial charge on any atom is -0.449 e. The van der Waals surface area contributed by atoms with Crippen molar-refractivity contribution in [3.8, 4) is 0 Å². The van der Waals surface area contributed by atoms with Crippen molar-refractivity contribution >= 4 is 27.9 Å². The lowest BCUT2D eigenvalue weighted by Gasteiger charge is -2.45. The van der Waals surface area contributed by atoms with Crippen molar-refractivity contribution in [2.45, 2.75) is 50.5 Å². The highest BCUT2D eigenvalue weighted by Crippen LogP contribution is 2.44. The minimum absolute atomic E-state index is 0.0523. The van der Waals surface area contributed by atoms with E-state index < -0.39 is 11.5 Å². The highest BCUT2D eigenvalue weighted by molar-refractivity contribution is 9.10. The van der Waals surface area contributed by atoms with Gasteiger partial charge in [-0.3, -0.25) is 4.79 Å². The van der Waals surface area contributed by atoms with E-state index in [1.807, 2.05) is 24.3 Å². The molecule has 6 nitrogen and oxygen atoms in total. The number of carbonyl (C=O) groups is 2. The molecular formula is C21H29BrN2O4. The Morgan fingerprint density at radius 3 is 2.29 bits per heavy atom. The van der Waals surface area contributed by atoms with Crippen LogP contribution in [0.4, 0.5) is 4.79 Å². The molecule has 1 N–H and O–H groups in total. The van der Waals surface area contributed by atoms with Crippen LogP contribution in [0.15, 0.2) is 28.7 Å². The van der Waals surface area contributed by atoms with Crippen LogP contribution >= 0.6 is 15.9 Å². The number of unbranched alkanes of at least 4 members (excludes halogenated alkanes) is 1. The summed E-state index contributed by atoms with van der Waals surface area (Å²) in [5.74, 6) is -0.610. The summed E-state index contributed by atoms with van der Waals surface area (Å²) in [5, 5.41) is 11.0. The van der Waals surface area contributed by atoms with Gasteiger partial charge >= 0.3 is 6.09 Å². The highest BCUT2D eigenvalue weighted by atomic mass is 79.9. The molecule has 2 aliphatic rings. The number of hydrogen-bond donors (Lipinski definition) is 1. The Morgan fingerprint density at radius 2 is 1.75 bits per heavy atom. The number of amides is 2. The quantitative estimate of drug-likeness (QED) is 0.670. The van der Waals surface area contributed by atoms with Gasteiger partial charge in [0.15, 0.2) is 0 Å². The Kier molecular flexibility index (Phi) is 6.99. The summed E-state index contributed by atoms with van der Waals surface area (Å²) in [5.41, 5.74) is -0.127. The van der Waals surface area contributed by atoms with Gasteiger partial charge < -0.3 is 19.6 Å². The number of rotatable bonds is 6. The van der Waals surface area contributed by atoms with E-state index in [1.165, 1.54) is 0 Å². The first kappa shape index (κ1) is 21.1. The van der Waals surface area contributed by atoms with Crippen molar-refractivity contribution in [1.29, 1.82) is 0 Å². The van der Waals surface area contributed by atoms with Crippen LogP contribution in [0, 0.1) is 0 Å². The van der Waals surface area contributed by atoms with Gasteiger partial charge in [0.25, 0.3) is 0 Å². The number of aliphatic hydroxyl groups is 1. The molecule has 2 fully saturated rings. The van der Waals surface area contributed by atoms with E-state index in [2.05, 4.69) is 22.9 Å². The summed E-state index contributed by atoms with van der Waals surface area (Å²) in [6, 6.07) is 7.62. The predicted octanol–water partition coefficient (Wildman–Crippen LogP) is 3.53. The van der Waals surface area contributed by atoms with Crippen molar-refractivity contribution in [3.05, 3.63) is 34.3 Å². The average molecular weight is 453 g/mol. The Hall–Kier alpha value is -1.60. The van der Waals surface area contributed by atoms with Crippen LogP contribution in [0.5, 0.6) is 0 Å². The number of halogens is 1. The van der Waals surface area contributed by atoms with Gasteiger partial charge in [0.1, 0.15) is 0 Å². The van der Waals surface area contributed by atoms with Crippen molar-refractivity contribution in [3.63, 3.8) is 0 Å². The molecule has 1 unspecified atom stereocenters. The van der Waals surface area contributed by atoms with E-state index in [-0.39, 0.29) is 12.0 Å². The second kappa shape index (κ2) is 9.27. The minimum atomic E-state index is -0.971. The number of ether oxygens (including phenoxy) is 1. The summed E-state index contributed by atoms with van der Waals surface area (Å²) < 4.78 is 6.21. The smallest absolute Gasteiger partial charge is 0.409 e. The molecule has 0 spiro atoms. The van der Waals surface area contributed by atoms with E-state index in [0.717, 1.165) is 29.3 Å². The lowest BCUT2D eigenvalue weighted by molar-refractivity contribution is -0.146. The Balaban J connectivity index is 1.64. The van der Waals surface area contributed by atoms with E-state index in [0.29, 0.717) is 45.6 Å². The lowest BCUT2D eigenvalue weighted by atomic mass is 9.68. The van der Waals surface area contributed by atoms with Gasteiger partial charge in [0.2, 0.25) is 5.91 Å². The molecule has 0 radical (unpaired) electrons. The molecular weight excluding hydrogens is 424 g/mol. The zero-order valence-corrected chi connectivity index (χ0v) is 18.0. The Morgan fingerprint density at radius 1 is 1.14 bits per heavy atom. The van der Waals surface area contributed by atoms with Crippen LogP contribution in [-0.2, 0) is 9.53 Å². The fraction of sp³-hybridized carbons (Fsp3) is 0.619. The van der Waals surface area contributed by atoms with Crippen LogP contribution in [0.2, 0.25) is 0 Å². The molecule has 0 bridgehead atoms.